The summed E-state index contributed by atoms with van der Waals surface area (Å²) in [5.74, 6) is 1.92. The van der Waals surface area contributed by atoms with Crippen molar-refractivity contribution in [1.82, 2.24) is 16.2 Å². The minimum absolute atomic E-state index is 0.0133. The SMILES string of the molecule is COc1cc(OC)cc(C(=O)NNC(=O)CNC(=O)C23CC4CC(CC(C4)C2)C3)c1. The lowest BCUT2D eigenvalue weighted by molar-refractivity contribution is -0.147. The largest absolute Gasteiger partial charge is 0.497 e. The van der Waals surface area contributed by atoms with Gasteiger partial charge in [-0.3, -0.25) is 25.2 Å². The van der Waals surface area contributed by atoms with E-state index in [4.69, 9.17) is 9.47 Å². The van der Waals surface area contributed by atoms with Crippen LogP contribution in [0, 0.1) is 23.2 Å². The highest BCUT2D eigenvalue weighted by molar-refractivity contribution is 5.96. The summed E-state index contributed by atoms with van der Waals surface area (Å²) in [6.45, 7) is -0.164. The molecule has 3 amide bonds. The molecule has 5 rings (SSSR count). The Labute approximate surface area is 176 Å². The Morgan fingerprint density at radius 2 is 1.43 bits per heavy atom. The lowest BCUT2D eigenvalue weighted by Crippen LogP contribution is -2.55. The van der Waals surface area contributed by atoms with Gasteiger partial charge in [0.25, 0.3) is 11.8 Å². The van der Waals surface area contributed by atoms with Crippen molar-refractivity contribution in [1.29, 1.82) is 0 Å². The van der Waals surface area contributed by atoms with Crippen LogP contribution in [0.3, 0.4) is 0 Å². The van der Waals surface area contributed by atoms with Crippen molar-refractivity contribution in [3.05, 3.63) is 23.8 Å². The van der Waals surface area contributed by atoms with Crippen LogP contribution in [0.15, 0.2) is 18.2 Å². The molecular weight excluding hydrogens is 386 g/mol. The van der Waals surface area contributed by atoms with Crippen LogP contribution >= 0.6 is 0 Å². The predicted octanol–water partition coefficient (Wildman–Crippen LogP) is 1.80. The van der Waals surface area contributed by atoms with Gasteiger partial charge in [-0.15, -0.1) is 0 Å². The summed E-state index contributed by atoms with van der Waals surface area (Å²) in [6.07, 6.45) is 6.61. The first kappa shape index (κ1) is 20.5. The van der Waals surface area contributed by atoms with Gasteiger partial charge < -0.3 is 14.8 Å². The van der Waals surface area contributed by atoms with E-state index in [2.05, 4.69) is 16.2 Å². The van der Waals surface area contributed by atoms with Crippen molar-refractivity contribution in [2.45, 2.75) is 38.5 Å². The average Bonchev–Trinajstić information content (AvgIpc) is 2.74. The predicted molar refractivity (Wildman–Crippen MR) is 109 cm³/mol. The molecule has 30 heavy (non-hydrogen) atoms. The monoisotopic (exact) mass is 415 g/mol. The number of carbonyl (C=O) groups excluding carboxylic acids is 3. The van der Waals surface area contributed by atoms with Gasteiger partial charge in [0.1, 0.15) is 11.5 Å². The van der Waals surface area contributed by atoms with E-state index in [-0.39, 0.29) is 23.4 Å². The Balaban J connectivity index is 1.27. The average molecular weight is 415 g/mol. The van der Waals surface area contributed by atoms with Crippen molar-refractivity contribution in [2.24, 2.45) is 23.2 Å². The fourth-order valence-electron chi connectivity index (χ4n) is 5.92. The minimum Gasteiger partial charge on any atom is -0.497 e. The van der Waals surface area contributed by atoms with Crippen molar-refractivity contribution < 1.29 is 23.9 Å². The van der Waals surface area contributed by atoms with Crippen LogP contribution in [-0.4, -0.2) is 38.5 Å². The highest BCUT2D eigenvalue weighted by Gasteiger charge is 2.54. The Bertz CT molecular complexity index is 796. The van der Waals surface area contributed by atoms with E-state index in [0.29, 0.717) is 29.3 Å². The second-order valence-electron chi connectivity index (χ2n) is 8.98. The molecule has 8 heteroatoms. The maximum absolute atomic E-state index is 12.9. The van der Waals surface area contributed by atoms with Crippen LogP contribution in [0.25, 0.3) is 0 Å². The molecule has 0 saturated heterocycles. The fourth-order valence-corrected chi connectivity index (χ4v) is 5.92. The van der Waals surface area contributed by atoms with Crippen molar-refractivity contribution in [3.8, 4) is 11.5 Å². The molecule has 4 aliphatic rings. The van der Waals surface area contributed by atoms with E-state index in [1.807, 2.05) is 0 Å². The van der Waals surface area contributed by atoms with Crippen LogP contribution in [0.5, 0.6) is 11.5 Å². The zero-order valence-corrected chi connectivity index (χ0v) is 17.5. The minimum atomic E-state index is -0.507. The van der Waals surface area contributed by atoms with Gasteiger partial charge in [-0.05, 0) is 68.4 Å². The van der Waals surface area contributed by atoms with E-state index in [9.17, 15) is 14.4 Å². The third kappa shape index (κ3) is 4.08. The summed E-state index contributed by atoms with van der Waals surface area (Å²) in [4.78, 5) is 37.4. The molecule has 0 radical (unpaired) electrons. The molecule has 0 unspecified atom stereocenters. The molecule has 0 aliphatic heterocycles. The zero-order chi connectivity index (χ0) is 21.3. The van der Waals surface area contributed by atoms with E-state index >= 15 is 0 Å². The summed E-state index contributed by atoms with van der Waals surface area (Å²) < 4.78 is 10.3. The number of methoxy groups -OCH3 is 2. The van der Waals surface area contributed by atoms with Gasteiger partial charge in [0.15, 0.2) is 0 Å². The first-order valence-electron chi connectivity index (χ1n) is 10.5. The molecule has 4 fully saturated rings. The summed E-state index contributed by atoms with van der Waals surface area (Å²) >= 11 is 0. The maximum atomic E-state index is 12.9. The molecule has 0 aromatic heterocycles. The molecule has 1 aromatic carbocycles. The quantitative estimate of drug-likeness (QED) is 0.615. The third-order valence-electron chi connectivity index (χ3n) is 6.86. The summed E-state index contributed by atoms with van der Waals surface area (Å²) in [6, 6.07) is 4.73. The van der Waals surface area contributed by atoms with Crippen LogP contribution in [0.4, 0.5) is 0 Å². The Morgan fingerprint density at radius 1 is 0.900 bits per heavy atom. The molecule has 8 nitrogen and oxygen atoms in total. The number of hydrogen-bond acceptors (Lipinski definition) is 5. The van der Waals surface area contributed by atoms with E-state index < -0.39 is 11.8 Å². The van der Waals surface area contributed by atoms with Gasteiger partial charge in [-0.2, -0.15) is 0 Å². The molecule has 4 aliphatic carbocycles. The van der Waals surface area contributed by atoms with E-state index in [1.54, 1.807) is 18.2 Å². The number of amides is 3. The third-order valence-corrected chi connectivity index (χ3v) is 6.86. The Kier molecular flexibility index (Phi) is 5.58. The molecule has 162 valence electrons. The fraction of sp³-hybridized carbons (Fsp3) is 0.591. The molecule has 4 saturated carbocycles. The number of hydrogen-bond donors (Lipinski definition) is 3. The lowest BCUT2D eigenvalue weighted by Gasteiger charge is -2.55. The second-order valence-corrected chi connectivity index (χ2v) is 8.98. The van der Waals surface area contributed by atoms with E-state index in [0.717, 1.165) is 19.3 Å². The second kappa shape index (κ2) is 8.16. The van der Waals surface area contributed by atoms with Gasteiger partial charge in [-0.25, -0.2) is 0 Å². The van der Waals surface area contributed by atoms with Gasteiger partial charge in [-0.1, -0.05) is 0 Å². The summed E-state index contributed by atoms with van der Waals surface area (Å²) in [7, 11) is 2.98. The Hall–Kier alpha value is -2.77. The van der Waals surface area contributed by atoms with Crippen molar-refractivity contribution in [3.63, 3.8) is 0 Å². The standard InChI is InChI=1S/C22H29N3O5/c1-29-17-6-16(7-18(8-17)30-2)20(27)25-24-19(26)12-23-21(28)22-9-13-3-14(10-22)5-15(4-13)11-22/h6-8,13-15H,3-5,9-12H2,1-2H3,(H,23,28)(H,24,26)(H,25,27). The van der Waals surface area contributed by atoms with Crippen LogP contribution < -0.4 is 25.6 Å². The normalized spacial score (nSPS) is 28.5. The molecule has 0 heterocycles. The van der Waals surface area contributed by atoms with Crippen LogP contribution in [0.1, 0.15) is 48.9 Å². The molecule has 1 aromatic rings. The highest BCUT2D eigenvalue weighted by Crippen LogP contribution is 2.60. The maximum Gasteiger partial charge on any atom is 0.269 e. The number of nitrogens with one attached hydrogen (secondary N) is 3. The topological polar surface area (TPSA) is 106 Å². The number of carbonyl (C=O) groups is 3. The number of hydrazine groups is 1. The Morgan fingerprint density at radius 3 is 1.93 bits per heavy atom. The van der Waals surface area contributed by atoms with Crippen LogP contribution in [-0.2, 0) is 9.59 Å². The molecule has 0 spiro atoms. The molecular formula is C22H29N3O5. The lowest BCUT2D eigenvalue weighted by atomic mass is 9.49. The van der Waals surface area contributed by atoms with Gasteiger partial charge in [0, 0.05) is 17.0 Å². The molecule has 3 N–H and O–H groups in total. The first-order valence-corrected chi connectivity index (χ1v) is 10.5. The highest BCUT2D eigenvalue weighted by atomic mass is 16.5. The zero-order valence-electron chi connectivity index (χ0n) is 17.5. The molecule has 4 bridgehead atoms. The summed E-state index contributed by atoms with van der Waals surface area (Å²) in [5.41, 5.74) is 4.70. The van der Waals surface area contributed by atoms with Gasteiger partial charge in [0.05, 0.1) is 20.8 Å². The smallest absolute Gasteiger partial charge is 0.269 e. The van der Waals surface area contributed by atoms with Gasteiger partial charge >= 0.3 is 0 Å². The van der Waals surface area contributed by atoms with Crippen molar-refractivity contribution >= 4 is 17.7 Å². The molecule has 0 atom stereocenters. The first-order chi connectivity index (χ1) is 14.4. The summed E-state index contributed by atoms with van der Waals surface area (Å²) in [5, 5.41) is 2.80. The van der Waals surface area contributed by atoms with E-state index in [1.165, 1.54) is 33.5 Å². The van der Waals surface area contributed by atoms with Gasteiger partial charge in [0.2, 0.25) is 5.91 Å². The van der Waals surface area contributed by atoms with Crippen molar-refractivity contribution in [2.75, 3.05) is 20.8 Å². The van der Waals surface area contributed by atoms with Crippen LogP contribution in [0.2, 0.25) is 0 Å². The number of benzene rings is 1. The number of ether oxygens (including phenoxy) is 2. The number of rotatable bonds is 6.